The largest absolute Gasteiger partial charge is 0.344 e. The lowest BCUT2D eigenvalue weighted by Crippen LogP contribution is -2.46. The van der Waals surface area contributed by atoms with Crippen LogP contribution in [-0.4, -0.2) is 24.4 Å². The van der Waals surface area contributed by atoms with E-state index in [1.165, 1.54) is 25.7 Å². The molecule has 0 atom stereocenters. The van der Waals surface area contributed by atoms with Gasteiger partial charge in [0.15, 0.2) is 0 Å². The Morgan fingerprint density at radius 1 is 1.35 bits per heavy atom. The maximum atomic E-state index is 12.2. The SMILES string of the molecule is CN(CCC1CCCC1)C(=O)C1(C#N)CCC1. The third-order valence-corrected chi connectivity index (χ3v) is 4.52. The number of carbonyl (C=O) groups excluding carboxylic acids is 1. The predicted octanol–water partition coefficient (Wildman–Crippen LogP) is 2.72. The molecular weight excluding hydrogens is 212 g/mol. The standard InChI is InChI=1S/C14H22N2O/c1-16(10-7-12-5-2-3-6-12)13(17)14(11-15)8-4-9-14/h12H,2-10H2,1H3. The highest BCUT2D eigenvalue weighted by molar-refractivity contribution is 5.86. The Hall–Kier alpha value is -1.04. The van der Waals surface area contributed by atoms with Crippen LogP contribution in [0.3, 0.4) is 0 Å². The Morgan fingerprint density at radius 3 is 2.47 bits per heavy atom. The average molecular weight is 234 g/mol. The monoisotopic (exact) mass is 234 g/mol. The number of nitrogens with zero attached hydrogens (tertiary/aromatic N) is 2. The smallest absolute Gasteiger partial charge is 0.242 e. The van der Waals surface area contributed by atoms with Gasteiger partial charge in [-0.1, -0.05) is 25.7 Å². The highest BCUT2D eigenvalue weighted by atomic mass is 16.2. The van der Waals surface area contributed by atoms with Gasteiger partial charge in [-0.15, -0.1) is 0 Å². The summed E-state index contributed by atoms with van der Waals surface area (Å²) in [6.45, 7) is 0.826. The lowest BCUT2D eigenvalue weighted by atomic mass is 9.69. The van der Waals surface area contributed by atoms with E-state index in [1.807, 2.05) is 7.05 Å². The van der Waals surface area contributed by atoms with Gasteiger partial charge >= 0.3 is 0 Å². The third-order valence-electron chi connectivity index (χ3n) is 4.52. The first kappa shape index (κ1) is 12.4. The quantitative estimate of drug-likeness (QED) is 0.750. The van der Waals surface area contributed by atoms with E-state index in [4.69, 9.17) is 5.26 Å². The van der Waals surface area contributed by atoms with Crippen LogP contribution in [0.15, 0.2) is 0 Å². The van der Waals surface area contributed by atoms with Gasteiger partial charge in [-0.3, -0.25) is 4.79 Å². The van der Waals surface area contributed by atoms with E-state index in [2.05, 4.69) is 6.07 Å². The van der Waals surface area contributed by atoms with Crippen molar-refractivity contribution in [3.05, 3.63) is 0 Å². The van der Waals surface area contributed by atoms with Crippen molar-refractivity contribution in [1.29, 1.82) is 5.26 Å². The van der Waals surface area contributed by atoms with Gasteiger partial charge in [0.05, 0.1) is 6.07 Å². The van der Waals surface area contributed by atoms with Gasteiger partial charge in [0.25, 0.3) is 0 Å². The Morgan fingerprint density at radius 2 is 2.00 bits per heavy atom. The van der Waals surface area contributed by atoms with Gasteiger partial charge in [0.1, 0.15) is 5.41 Å². The minimum atomic E-state index is -0.662. The number of hydrogen-bond donors (Lipinski definition) is 0. The van der Waals surface area contributed by atoms with Crippen LogP contribution in [0.5, 0.6) is 0 Å². The van der Waals surface area contributed by atoms with Crippen LogP contribution in [0.25, 0.3) is 0 Å². The first-order valence-electron chi connectivity index (χ1n) is 6.85. The Kier molecular flexibility index (Phi) is 3.71. The maximum absolute atomic E-state index is 12.2. The third kappa shape index (κ3) is 2.46. The molecule has 2 saturated carbocycles. The molecule has 2 rings (SSSR count). The highest BCUT2D eigenvalue weighted by Crippen LogP contribution is 2.41. The van der Waals surface area contributed by atoms with Crippen LogP contribution in [0, 0.1) is 22.7 Å². The fraction of sp³-hybridized carbons (Fsp3) is 0.857. The molecule has 0 N–H and O–H groups in total. The molecule has 0 aromatic carbocycles. The number of amides is 1. The summed E-state index contributed by atoms with van der Waals surface area (Å²) in [4.78, 5) is 14.0. The molecule has 0 aromatic heterocycles. The molecule has 0 spiro atoms. The van der Waals surface area contributed by atoms with Crippen LogP contribution < -0.4 is 0 Å². The van der Waals surface area contributed by atoms with Crippen molar-refractivity contribution < 1.29 is 4.79 Å². The summed E-state index contributed by atoms with van der Waals surface area (Å²) < 4.78 is 0. The van der Waals surface area contributed by atoms with E-state index in [1.54, 1.807) is 4.90 Å². The Balaban J connectivity index is 1.80. The second-order valence-corrected chi connectivity index (χ2v) is 5.71. The maximum Gasteiger partial charge on any atom is 0.242 e. The van der Waals surface area contributed by atoms with Crippen molar-refractivity contribution in [2.75, 3.05) is 13.6 Å². The number of hydrogen-bond acceptors (Lipinski definition) is 2. The molecule has 2 aliphatic carbocycles. The molecule has 0 aromatic rings. The second kappa shape index (κ2) is 5.08. The molecule has 94 valence electrons. The van der Waals surface area contributed by atoms with E-state index in [0.29, 0.717) is 0 Å². The van der Waals surface area contributed by atoms with E-state index in [0.717, 1.165) is 38.1 Å². The zero-order valence-corrected chi connectivity index (χ0v) is 10.7. The zero-order valence-electron chi connectivity index (χ0n) is 10.7. The highest BCUT2D eigenvalue weighted by Gasteiger charge is 2.46. The molecule has 0 radical (unpaired) electrons. The fourth-order valence-corrected chi connectivity index (χ4v) is 3.05. The van der Waals surface area contributed by atoms with Crippen molar-refractivity contribution in [1.82, 2.24) is 4.90 Å². The first-order chi connectivity index (χ1) is 8.18. The first-order valence-corrected chi connectivity index (χ1v) is 6.85. The van der Waals surface area contributed by atoms with E-state index >= 15 is 0 Å². The van der Waals surface area contributed by atoms with Crippen LogP contribution in [0.4, 0.5) is 0 Å². The van der Waals surface area contributed by atoms with Gasteiger partial charge in [-0.05, 0) is 31.6 Å². The van der Waals surface area contributed by atoms with Gasteiger partial charge in [0.2, 0.25) is 5.91 Å². The Labute approximate surface area is 104 Å². The Bertz CT molecular complexity index is 322. The van der Waals surface area contributed by atoms with Crippen molar-refractivity contribution >= 4 is 5.91 Å². The molecule has 2 fully saturated rings. The lowest BCUT2D eigenvalue weighted by molar-refractivity contribution is -0.141. The summed E-state index contributed by atoms with van der Waals surface area (Å²) in [5.41, 5.74) is -0.662. The second-order valence-electron chi connectivity index (χ2n) is 5.71. The average Bonchev–Trinajstić information content (AvgIpc) is 2.77. The van der Waals surface area contributed by atoms with Gasteiger partial charge in [-0.2, -0.15) is 5.26 Å². The number of carbonyl (C=O) groups is 1. The topological polar surface area (TPSA) is 44.1 Å². The molecule has 17 heavy (non-hydrogen) atoms. The van der Waals surface area contributed by atoms with E-state index < -0.39 is 5.41 Å². The molecule has 1 amide bonds. The molecule has 0 saturated heterocycles. The molecule has 0 bridgehead atoms. The lowest BCUT2D eigenvalue weighted by Gasteiger charge is -2.37. The molecule has 0 heterocycles. The predicted molar refractivity (Wildman–Crippen MR) is 66.1 cm³/mol. The van der Waals surface area contributed by atoms with Crippen molar-refractivity contribution in [3.63, 3.8) is 0 Å². The summed E-state index contributed by atoms with van der Waals surface area (Å²) in [6.07, 6.45) is 9.01. The van der Waals surface area contributed by atoms with Crippen molar-refractivity contribution in [2.24, 2.45) is 11.3 Å². The van der Waals surface area contributed by atoms with Crippen molar-refractivity contribution in [2.45, 2.75) is 51.4 Å². The summed E-state index contributed by atoms with van der Waals surface area (Å²) >= 11 is 0. The summed E-state index contributed by atoms with van der Waals surface area (Å²) in [6, 6.07) is 2.23. The molecule has 0 aliphatic heterocycles. The normalized spacial score (nSPS) is 22.8. The van der Waals surface area contributed by atoms with Gasteiger partial charge in [0, 0.05) is 13.6 Å². The number of rotatable bonds is 4. The molecule has 0 unspecified atom stereocenters. The summed E-state index contributed by atoms with van der Waals surface area (Å²) in [7, 11) is 1.86. The minimum absolute atomic E-state index is 0.0595. The van der Waals surface area contributed by atoms with Crippen molar-refractivity contribution in [3.8, 4) is 6.07 Å². The van der Waals surface area contributed by atoms with E-state index in [-0.39, 0.29) is 5.91 Å². The van der Waals surface area contributed by atoms with Crippen LogP contribution in [0.1, 0.15) is 51.4 Å². The zero-order chi connectivity index (χ0) is 12.3. The molecule has 3 nitrogen and oxygen atoms in total. The van der Waals surface area contributed by atoms with Crippen LogP contribution >= 0.6 is 0 Å². The van der Waals surface area contributed by atoms with Crippen LogP contribution in [-0.2, 0) is 4.79 Å². The van der Waals surface area contributed by atoms with Gasteiger partial charge < -0.3 is 4.90 Å². The summed E-state index contributed by atoms with van der Waals surface area (Å²) in [5, 5.41) is 9.14. The summed E-state index contributed by atoms with van der Waals surface area (Å²) in [5.74, 6) is 0.869. The van der Waals surface area contributed by atoms with Crippen LogP contribution in [0.2, 0.25) is 0 Å². The fourth-order valence-electron chi connectivity index (χ4n) is 3.05. The molecular formula is C14H22N2O. The molecule has 3 heteroatoms. The van der Waals surface area contributed by atoms with E-state index in [9.17, 15) is 4.79 Å². The molecule has 2 aliphatic rings. The minimum Gasteiger partial charge on any atom is -0.344 e. The van der Waals surface area contributed by atoms with Gasteiger partial charge in [-0.25, -0.2) is 0 Å². The number of nitriles is 1.